The van der Waals surface area contributed by atoms with E-state index in [2.05, 4.69) is 21.9 Å². The van der Waals surface area contributed by atoms with Crippen LogP contribution < -0.4 is 4.74 Å². The molecular weight excluding hydrogens is 402 g/mol. The van der Waals surface area contributed by atoms with Gasteiger partial charge in [-0.05, 0) is 62.4 Å². The maximum absolute atomic E-state index is 13.7. The molecule has 4 heterocycles. The molecular formula is C25H29N5O2. The van der Waals surface area contributed by atoms with Gasteiger partial charge in [0.15, 0.2) is 0 Å². The summed E-state index contributed by atoms with van der Waals surface area (Å²) < 4.78 is 5.64. The minimum Gasteiger partial charge on any atom is -0.477 e. The van der Waals surface area contributed by atoms with Gasteiger partial charge in [-0.3, -0.25) is 9.78 Å². The van der Waals surface area contributed by atoms with E-state index in [0.29, 0.717) is 24.6 Å². The second kappa shape index (κ2) is 10.3. The van der Waals surface area contributed by atoms with Crippen LogP contribution in [0.1, 0.15) is 67.4 Å². The molecule has 7 nitrogen and oxygen atoms in total. The minimum atomic E-state index is -0.132. The van der Waals surface area contributed by atoms with Crippen molar-refractivity contribution in [2.75, 3.05) is 13.2 Å². The zero-order chi connectivity index (χ0) is 22.3. The largest absolute Gasteiger partial charge is 0.477 e. The van der Waals surface area contributed by atoms with Crippen molar-refractivity contribution in [2.24, 2.45) is 0 Å². The van der Waals surface area contributed by atoms with Crippen LogP contribution in [0.5, 0.6) is 5.88 Å². The molecule has 7 heteroatoms. The Morgan fingerprint density at radius 1 is 1.12 bits per heavy atom. The maximum atomic E-state index is 13.7. The highest BCUT2D eigenvalue weighted by Crippen LogP contribution is 2.37. The molecule has 0 saturated carbocycles. The zero-order valence-electron chi connectivity index (χ0n) is 18.7. The third kappa shape index (κ3) is 4.61. The van der Waals surface area contributed by atoms with Gasteiger partial charge in [-0.25, -0.2) is 15.0 Å². The van der Waals surface area contributed by atoms with Crippen LogP contribution in [0.2, 0.25) is 0 Å². The molecule has 3 aromatic heterocycles. The van der Waals surface area contributed by atoms with Crippen molar-refractivity contribution in [2.45, 2.75) is 52.0 Å². The van der Waals surface area contributed by atoms with Crippen LogP contribution in [0.4, 0.5) is 0 Å². The van der Waals surface area contributed by atoms with Gasteiger partial charge in [0.1, 0.15) is 11.4 Å². The highest BCUT2D eigenvalue weighted by Gasteiger charge is 2.33. The molecule has 1 saturated heterocycles. The van der Waals surface area contributed by atoms with Crippen LogP contribution in [0.25, 0.3) is 11.1 Å². The van der Waals surface area contributed by atoms with Crippen LogP contribution >= 0.6 is 0 Å². The number of aryl methyl sites for hydroxylation is 1. The number of ether oxygens (including phenoxy) is 1. The van der Waals surface area contributed by atoms with Gasteiger partial charge in [-0.2, -0.15) is 0 Å². The molecule has 4 rings (SSSR count). The van der Waals surface area contributed by atoms with Crippen molar-refractivity contribution in [3.63, 3.8) is 0 Å². The lowest BCUT2D eigenvalue weighted by molar-refractivity contribution is 0.0601. The first-order valence-corrected chi connectivity index (χ1v) is 11.4. The van der Waals surface area contributed by atoms with Gasteiger partial charge in [0.05, 0.1) is 18.3 Å². The summed E-state index contributed by atoms with van der Waals surface area (Å²) in [6.07, 6.45) is 11.7. The van der Waals surface area contributed by atoms with Crippen molar-refractivity contribution in [3.05, 3.63) is 66.1 Å². The predicted octanol–water partition coefficient (Wildman–Crippen LogP) is 4.65. The summed E-state index contributed by atoms with van der Waals surface area (Å²) in [6, 6.07) is 7.36. The van der Waals surface area contributed by atoms with Crippen LogP contribution in [0.15, 0.2) is 49.1 Å². The molecule has 0 N–H and O–H groups in total. The van der Waals surface area contributed by atoms with E-state index in [1.807, 2.05) is 30.2 Å². The topological polar surface area (TPSA) is 81.1 Å². The third-order valence-corrected chi connectivity index (χ3v) is 5.69. The highest BCUT2D eigenvalue weighted by molar-refractivity contribution is 5.96. The summed E-state index contributed by atoms with van der Waals surface area (Å²) in [5.74, 6) is 1.13. The SMILES string of the molecule is CCCc1ncc(-c2ccncc2)c([C@@H]2CCCCN2C(=O)c2cccnc2OCC)n1. The van der Waals surface area contributed by atoms with Gasteiger partial charge >= 0.3 is 0 Å². The lowest BCUT2D eigenvalue weighted by Crippen LogP contribution is -2.39. The van der Waals surface area contributed by atoms with E-state index in [4.69, 9.17) is 9.72 Å². The zero-order valence-corrected chi connectivity index (χ0v) is 18.7. The molecule has 32 heavy (non-hydrogen) atoms. The minimum absolute atomic E-state index is 0.0671. The predicted molar refractivity (Wildman–Crippen MR) is 122 cm³/mol. The summed E-state index contributed by atoms with van der Waals surface area (Å²) in [6.45, 7) is 5.14. The van der Waals surface area contributed by atoms with Crippen LogP contribution in [0, 0.1) is 0 Å². The first kappa shape index (κ1) is 21.9. The Kier molecular flexibility index (Phi) is 7.04. The fraction of sp³-hybridized carbons (Fsp3) is 0.400. The fourth-order valence-electron chi connectivity index (χ4n) is 4.20. The monoisotopic (exact) mass is 431 g/mol. The van der Waals surface area contributed by atoms with Gasteiger partial charge in [0, 0.05) is 43.3 Å². The number of hydrogen-bond donors (Lipinski definition) is 0. The van der Waals surface area contributed by atoms with E-state index in [1.54, 1.807) is 30.7 Å². The van der Waals surface area contributed by atoms with Crippen LogP contribution in [0.3, 0.4) is 0 Å². The van der Waals surface area contributed by atoms with E-state index in [9.17, 15) is 4.79 Å². The Morgan fingerprint density at radius 3 is 2.75 bits per heavy atom. The van der Waals surface area contributed by atoms with Gasteiger partial charge in [0.2, 0.25) is 5.88 Å². The van der Waals surface area contributed by atoms with E-state index >= 15 is 0 Å². The van der Waals surface area contributed by atoms with Gasteiger partial charge in [-0.15, -0.1) is 0 Å². The molecule has 166 valence electrons. The molecule has 3 aromatic rings. The van der Waals surface area contributed by atoms with Crippen LogP contribution in [-0.4, -0.2) is 43.9 Å². The number of rotatable bonds is 7. The van der Waals surface area contributed by atoms with E-state index in [-0.39, 0.29) is 11.9 Å². The number of nitrogens with zero attached hydrogens (tertiary/aromatic N) is 5. The summed E-state index contributed by atoms with van der Waals surface area (Å²) in [5, 5.41) is 0. The van der Waals surface area contributed by atoms with Crippen molar-refractivity contribution in [1.82, 2.24) is 24.8 Å². The number of carbonyl (C=O) groups is 1. The number of carbonyl (C=O) groups excluding carboxylic acids is 1. The Hall–Kier alpha value is -3.35. The molecule has 1 fully saturated rings. The van der Waals surface area contributed by atoms with E-state index < -0.39 is 0 Å². The van der Waals surface area contributed by atoms with E-state index in [1.165, 1.54) is 0 Å². The molecule has 1 atom stereocenters. The Bertz CT molecular complexity index is 1060. The Balaban J connectivity index is 1.77. The van der Waals surface area contributed by atoms with Gasteiger partial charge in [-0.1, -0.05) is 6.92 Å². The molecule has 0 spiro atoms. The van der Waals surface area contributed by atoms with Crippen molar-refractivity contribution in [1.29, 1.82) is 0 Å². The molecule has 1 aliphatic rings. The van der Waals surface area contributed by atoms with Crippen LogP contribution in [-0.2, 0) is 6.42 Å². The number of hydrogen-bond acceptors (Lipinski definition) is 6. The number of amides is 1. The van der Waals surface area contributed by atoms with Gasteiger partial charge < -0.3 is 9.64 Å². The average molecular weight is 432 g/mol. The maximum Gasteiger partial charge on any atom is 0.259 e. The molecule has 1 amide bonds. The lowest BCUT2D eigenvalue weighted by Gasteiger charge is -2.36. The second-order valence-corrected chi connectivity index (χ2v) is 7.87. The lowest BCUT2D eigenvalue weighted by atomic mass is 9.93. The first-order chi connectivity index (χ1) is 15.7. The second-order valence-electron chi connectivity index (χ2n) is 7.87. The molecule has 1 aliphatic heterocycles. The number of aromatic nitrogens is 4. The standard InChI is InChI=1S/C25H29N5O2/c1-3-8-22-28-17-20(18-11-14-26-15-12-18)23(29-22)21-10-5-6-16-30(21)25(31)19-9-7-13-27-24(19)32-4-2/h7,9,11-15,17,21H,3-6,8,10,16H2,1-2H3/t21-/m0/s1. The fourth-order valence-corrected chi connectivity index (χ4v) is 4.20. The Morgan fingerprint density at radius 2 is 1.97 bits per heavy atom. The molecule has 0 unspecified atom stereocenters. The third-order valence-electron chi connectivity index (χ3n) is 5.69. The smallest absolute Gasteiger partial charge is 0.259 e. The summed E-state index contributed by atoms with van der Waals surface area (Å²) in [7, 11) is 0. The molecule has 0 aliphatic carbocycles. The van der Waals surface area contributed by atoms with E-state index in [0.717, 1.165) is 54.7 Å². The molecule has 0 aromatic carbocycles. The first-order valence-electron chi connectivity index (χ1n) is 11.4. The van der Waals surface area contributed by atoms with Crippen molar-refractivity contribution < 1.29 is 9.53 Å². The number of piperidine rings is 1. The summed E-state index contributed by atoms with van der Waals surface area (Å²) in [5.41, 5.74) is 3.36. The summed E-state index contributed by atoms with van der Waals surface area (Å²) in [4.78, 5) is 33.6. The molecule has 0 radical (unpaired) electrons. The quantitative estimate of drug-likeness (QED) is 0.542. The Labute approximate surface area is 188 Å². The van der Waals surface area contributed by atoms with Crippen molar-refractivity contribution >= 4 is 5.91 Å². The summed E-state index contributed by atoms with van der Waals surface area (Å²) >= 11 is 0. The van der Waals surface area contributed by atoms with Crippen molar-refractivity contribution in [3.8, 4) is 17.0 Å². The highest BCUT2D eigenvalue weighted by atomic mass is 16.5. The normalized spacial score (nSPS) is 16.1. The molecule has 0 bridgehead atoms. The number of pyridine rings is 2. The average Bonchev–Trinajstić information content (AvgIpc) is 2.85. The van der Waals surface area contributed by atoms with Gasteiger partial charge in [0.25, 0.3) is 5.91 Å². The number of likely N-dealkylation sites (tertiary alicyclic amines) is 1.